The van der Waals surface area contributed by atoms with E-state index in [1.165, 1.54) is 32.1 Å². The minimum absolute atomic E-state index is 0. The van der Waals surface area contributed by atoms with Gasteiger partial charge in [0.1, 0.15) is 0 Å². The Balaban J connectivity index is 0.00000256. The summed E-state index contributed by atoms with van der Waals surface area (Å²) in [6, 6.07) is 0.561. The van der Waals surface area contributed by atoms with Crippen LogP contribution in [-0.4, -0.2) is 44.1 Å². The van der Waals surface area contributed by atoms with Crippen molar-refractivity contribution in [3.63, 3.8) is 0 Å². The summed E-state index contributed by atoms with van der Waals surface area (Å²) < 4.78 is 0. The van der Waals surface area contributed by atoms with E-state index in [4.69, 9.17) is 5.73 Å². The second-order valence-corrected chi connectivity index (χ2v) is 4.90. The Morgan fingerprint density at radius 3 is 2.53 bits per heavy atom. The fraction of sp³-hybridized carbons (Fsp3) is 0.917. The van der Waals surface area contributed by atoms with E-state index >= 15 is 0 Å². The highest BCUT2D eigenvalue weighted by Gasteiger charge is 2.12. The minimum Gasteiger partial charge on any atom is -0.370 e. The maximum Gasteiger partial charge on any atom is 0.188 e. The molecule has 0 spiro atoms. The van der Waals surface area contributed by atoms with Crippen LogP contribution in [-0.2, 0) is 0 Å². The number of hydrogen-bond acceptors (Lipinski definition) is 2. The lowest BCUT2D eigenvalue weighted by Crippen LogP contribution is -2.41. The highest BCUT2D eigenvalue weighted by Crippen LogP contribution is 2.16. The predicted octanol–water partition coefficient (Wildman–Crippen LogP) is 1.79. The van der Waals surface area contributed by atoms with Crippen LogP contribution in [0.2, 0.25) is 0 Å². The lowest BCUT2D eigenvalue weighted by molar-refractivity contribution is 0.401. The molecule has 1 rings (SSSR count). The molecule has 0 unspecified atom stereocenters. The van der Waals surface area contributed by atoms with Crippen LogP contribution < -0.4 is 11.1 Å². The van der Waals surface area contributed by atoms with Gasteiger partial charge in [-0.3, -0.25) is 4.99 Å². The number of halogens is 1. The van der Waals surface area contributed by atoms with Crippen LogP contribution in [0.25, 0.3) is 0 Å². The van der Waals surface area contributed by atoms with Gasteiger partial charge >= 0.3 is 0 Å². The Bertz CT molecular complexity index is 213. The van der Waals surface area contributed by atoms with Gasteiger partial charge in [-0.05, 0) is 39.9 Å². The van der Waals surface area contributed by atoms with Gasteiger partial charge in [-0.2, -0.15) is 0 Å². The van der Waals surface area contributed by atoms with Crippen molar-refractivity contribution < 1.29 is 0 Å². The molecule has 0 aromatic heterocycles. The van der Waals surface area contributed by atoms with Crippen molar-refractivity contribution in [2.45, 2.75) is 44.6 Å². The van der Waals surface area contributed by atoms with E-state index in [-0.39, 0.29) is 24.0 Å². The lowest BCUT2D eigenvalue weighted by atomic mass is 9.96. The first-order valence-corrected chi connectivity index (χ1v) is 6.39. The molecule has 0 atom stereocenters. The van der Waals surface area contributed by atoms with Gasteiger partial charge in [0, 0.05) is 12.6 Å². The first kappa shape index (κ1) is 17.0. The number of nitrogens with one attached hydrogen (secondary N) is 1. The molecule has 1 aliphatic rings. The Labute approximate surface area is 122 Å². The highest BCUT2D eigenvalue weighted by atomic mass is 127. The van der Waals surface area contributed by atoms with E-state index in [0.717, 1.165) is 19.5 Å². The van der Waals surface area contributed by atoms with Crippen molar-refractivity contribution >= 4 is 29.9 Å². The summed E-state index contributed by atoms with van der Waals surface area (Å²) in [5, 5.41) is 3.32. The number of guanidine groups is 1. The molecule has 0 amide bonds. The molecule has 0 aromatic carbocycles. The van der Waals surface area contributed by atoms with Crippen LogP contribution in [0.1, 0.15) is 38.5 Å². The van der Waals surface area contributed by atoms with Gasteiger partial charge in [0.15, 0.2) is 5.96 Å². The van der Waals surface area contributed by atoms with Crippen LogP contribution in [0.4, 0.5) is 0 Å². The number of aliphatic imine (C=N–C) groups is 1. The zero-order valence-electron chi connectivity index (χ0n) is 11.1. The van der Waals surface area contributed by atoms with E-state index in [0.29, 0.717) is 12.0 Å². The number of rotatable bonds is 5. The van der Waals surface area contributed by atoms with Crippen LogP contribution in [0.15, 0.2) is 4.99 Å². The summed E-state index contributed by atoms with van der Waals surface area (Å²) in [6.45, 7) is 1.89. The van der Waals surface area contributed by atoms with Gasteiger partial charge in [-0.1, -0.05) is 19.3 Å². The molecule has 0 saturated heterocycles. The molecule has 0 bridgehead atoms. The fourth-order valence-electron chi connectivity index (χ4n) is 2.09. The topological polar surface area (TPSA) is 53.6 Å². The molecule has 4 nitrogen and oxygen atoms in total. The maximum atomic E-state index is 5.85. The van der Waals surface area contributed by atoms with Gasteiger partial charge < -0.3 is 16.0 Å². The molecule has 0 radical (unpaired) electrons. The summed E-state index contributed by atoms with van der Waals surface area (Å²) in [5.74, 6) is 0.630. The smallest absolute Gasteiger partial charge is 0.188 e. The monoisotopic (exact) mass is 354 g/mol. The largest absolute Gasteiger partial charge is 0.370 e. The van der Waals surface area contributed by atoms with Gasteiger partial charge in [-0.25, -0.2) is 0 Å². The van der Waals surface area contributed by atoms with Crippen LogP contribution >= 0.6 is 24.0 Å². The zero-order valence-corrected chi connectivity index (χ0v) is 13.4. The van der Waals surface area contributed by atoms with Crippen molar-refractivity contribution in [3.8, 4) is 0 Å². The SMILES string of the molecule is CN(C)CCCN=C(N)NC1CCCCC1.I. The molecule has 102 valence electrons. The molecule has 1 fully saturated rings. The molecule has 17 heavy (non-hydrogen) atoms. The quantitative estimate of drug-likeness (QED) is 0.343. The van der Waals surface area contributed by atoms with Crippen LogP contribution in [0.5, 0.6) is 0 Å². The molecular weight excluding hydrogens is 327 g/mol. The van der Waals surface area contributed by atoms with Gasteiger partial charge in [-0.15, -0.1) is 24.0 Å². The van der Waals surface area contributed by atoms with E-state index in [1.807, 2.05) is 0 Å². The van der Waals surface area contributed by atoms with Crippen LogP contribution in [0, 0.1) is 0 Å². The Kier molecular flexibility index (Phi) is 9.91. The summed E-state index contributed by atoms with van der Waals surface area (Å²) >= 11 is 0. The molecular formula is C12H27IN4. The summed E-state index contributed by atoms with van der Waals surface area (Å²) in [6.07, 6.45) is 7.58. The molecule has 5 heteroatoms. The maximum absolute atomic E-state index is 5.85. The molecule has 3 N–H and O–H groups in total. The molecule has 0 aliphatic heterocycles. The lowest BCUT2D eigenvalue weighted by Gasteiger charge is -2.23. The number of nitrogens with two attached hydrogens (primary N) is 1. The summed E-state index contributed by atoms with van der Waals surface area (Å²) in [4.78, 5) is 6.51. The molecule has 1 aliphatic carbocycles. The normalized spacial score (nSPS) is 17.9. The standard InChI is InChI=1S/C12H26N4.HI/c1-16(2)10-6-9-14-12(13)15-11-7-4-3-5-8-11;/h11H,3-10H2,1-2H3,(H3,13,14,15);1H. The summed E-state index contributed by atoms with van der Waals surface area (Å²) in [7, 11) is 4.15. The summed E-state index contributed by atoms with van der Waals surface area (Å²) in [5.41, 5.74) is 5.85. The predicted molar refractivity (Wildman–Crippen MR) is 85.1 cm³/mol. The first-order chi connectivity index (χ1) is 7.68. The van der Waals surface area contributed by atoms with Crippen molar-refractivity contribution in [1.29, 1.82) is 0 Å². The average Bonchev–Trinajstić information content (AvgIpc) is 2.25. The molecule has 0 aromatic rings. The van der Waals surface area contributed by atoms with Crippen molar-refractivity contribution in [1.82, 2.24) is 10.2 Å². The van der Waals surface area contributed by atoms with E-state index in [1.54, 1.807) is 0 Å². The van der Waals surface area contributed by atoms with E-state index in [9.17, 15) is 0 Å². The number of nitrogens with zero attached hydrogens (tertiary/aromatic N) is 2. The third-order valence-corrected chi connectivity index (χ3v) is 3.00. The second kappa shape index (κ2) is 9.94. The van der Waals surface area contributed by atoms with E-state index in [2.05, 4.69) is 29.3 Å². The number of hydrogen-bond donors (Lipinski definition) is 2. The van der Waals surface area contributed by atoms with Gasteiger partial charge in [0.2, 0.25) is 0 Å². The fourth-order valence-corrected chi connectivity index (χ4v) is 2.09. The average molecular weight is 354 g/mol. The highest BCUT2D eigenvalue weighted by molar-refractivity contribution is 14.0. The van der Waals surface area contributed by atoms with E-state index < -0.39 is 0 Å². The molecule has 1 saturated carbocycles. The Hall–Kier alpha value is -0.0400. The van der Waals surface area contributed by atoms with Crippen LogP contribution in [0.3, 0.4) is 0 Å². The Morgan fingerprint density at radius 2 is 1.94 bits per heavy atom. The third kappa shape index (κ3) is 8.65. The Morgan fingerprint density at radius 1 is 1.29 bits per heavy atom. The van der Waals surface area contributed by atoms with Crippen molar-refractivity contribution in [3.05, 3.63) is 0 Å². The zero-order chi connectivity index (χ0) is 11.8. The second-order valence-electron chi connectivity index (χ2n) is 4.90. The van der Waals surface area contributed by atoms with Crippen molar-refractivity contribution in [2.24, 2.45) is 10.7 Å². The van der Waals surface area contributed by atoms with Crippen molar-refractivity contribution in [2.75, 3.05) is 27.2 Å². The van der Waals surface area contributed by atoms with Gasteiger partial charge in [0.05, 0.1) is 0 Å². The first-order valence-electron chi connectivity index (χ1n) is 6.39. The minimum atomic E-state index is 0. The van der Waals surface area contributed by atoms with Gasteiger partial charge in [0.25, 0.3) is 0 Å². The molecule has 0 heterocycles. The third-order valence-electron chi connectivity index (χ3n) is 3.00.